The third-order valence-electron chi connectivity index (χ3n) is 2.06. The molecular formula is C11H7BrClNOS. The van der Waals surface area contributed by atoms with Crippen LogP contribution in [0.5, 0.6) is 0 Å². The Morgan fingerprint density at radius 1 is 1.31 bits per heavy atom. The van der Waals surface area contributed by atoms with Gasteiger partial charge in [-0.3, -0.25) is 4.79 Å². The maximum Gasteiger partial charge on any atom is 0.205 e. The number of rotatable bonds is 2. The van der Waals surface area contributed by atoms with Crippen LogP contribution in [0.4, 0.5) is 5.69 Å². The first kappa shape index (κ1) is 11.6. The van der Waals surface area contributed by atoms with Crippen LogP contribution < -0.4 is 5.73 Å². The van der Waals surface area contributed by atoms with Gasteiger partial charge in [0, 0.05) is 16.3 Å². The van der Waals surface area contributed by atoms with Crippen molar-refractivity contribution >= 4 is 50.3 Å². The minimum absolute atomic E-state index is 0.101. The molecule has 0 aliphatic heterocycles. The number of hydrogen-bond acceptors (Lipinski definition) is 3. The van der Waals surface area contributed by atoms with Crippen LogP contribution in [0.1, 0.15) is 15.2 Å². The molecule has 0 saturated heterocycles. The molecule has 0 amide bonds. The van der Waals surface area contributed by atoms with E-state index in [4.69, 9.17) is 17.3 Å². The molecule has 0 fully saturated rings. The van der Waals surface area contributed by atoms with Crippen molar-refractivity contribution in [3.8, 4) is 0 Å². The number of hydrogen-bond donors (Lipinski definition) is 1. The number of nitrogens with two attached hydrogens (primary N) is 1. The van der Waals surface area contributed by atoms with Gasteiger partial charge in [-0.25, -0.2) is 0 Å². The average molecular weight is 317 g/mol. The fraction of sp³-hybridized carbons (Fsp3) is 0. The highest BCUT2D eigenvalue weighted by Gasteiger charge is 2.14. The Bertz CT molecular complexity index is 553. The fourth-order valence-corrected chi connectivity index (χ4v) is 2.81. The van der Waals surface area contributed by atoms with Gasteiger partial charge in [0.25, 0.3) is 0 Å². The van der Waals surface area contributed by atoms with Gasteiger partial charge >= 0.3 is 0 Å². The van der Waals surface area contributed by atoms with Crippen molar-refractivity contribution in [2.75, 3.05) is 5.73 Å². The minimum atomic E-state index is -0.101. The van der Waals surface area contributed by atoms with Gasteiger partial charge in [0.15, 0.2) is 0 Å². The number of anilines is 1. The van der Waals surface area contributed by atoms with Crippen LogP contribution in [0.25, 0.3) is 0 Å². The molecule has 82 valence electrons. The zero-order chi connectivity index (χ0) is 11.7. The standard InChI is InChI=1S/C11H7BrClNOS/c12-10-4-3-9(16-10)11(15)7-5-6(13)1-2-8(7)14/h1-5H,14H2. The third kappa shape index (κ3) is 2.29. The van der Waals surface area contributed by atoms with Crippen LogP contribution in [-0.2, 0) is 0 Å². The van der Waals surface area contributed by atoms with Crippen molar-refractivity contribution in [3.63, 3.8) is 0 Å². The topological polar surface area (TPSA) is 43.1 Å². The predicted molar refractivity (Wildman–Crippen MR) is 71.3 cm³/mol. The quantitative estimate of drug-likeness (QED) is 0.673. The van der Waals surface area contributed by atoms with Crippen LogP contribution in [0.15, 0.2) is 34.1 Å². The van der Waals surface area contributed by atoms with Crippen molar-refractivity contribution in [1.82, 2.24) is 0 Å². The van der Waals surface area contributed by atoms with Gasteiger partial charge < -0.3 is 5.73 Å². The summed E-state index contributed by atoms with van der Waals surface area (Å²) in [5, 5.41) is 0.508. The first-order valence-electron chi connectivity index (χ1n) is 4.43. The molecule has 0 aliphatic rings. The molecule has 0 bridgehead atoms. The monoisotopic (exact) mass is 315 g/mol. The molecule has 1 heterocycles. The summed E-state index contributed by atoms with van der Waals surface area (Å²) < 4.78 is 0.913. The number of carbonyl (C=O) groups excluding carboxylic acids is 1. The smallest absolute Gasteiger partial charge is 0.205 e. The number of nitrogen functional groups attached to an aromatic ring is 1. The molecule has 2 aromatic rings. The molecule has 0 spiro atoms. The SMILES string of the molecule is Nc1ccc(Cl)cc1C(=O)c1ccc(Br)s1. The van der Waals surface area contributed by atoms with E-state index in [-0.39, 0.29) is 5.78 Å². The molecular weight excluding hydrogens is 310 g/mol. The van der Waals surface area contributed by atoms with Crippen LogP contribution in [0.3, 0.4) is 0 Å². The zero-order valence-corrected chi connectivity index (χ0v) is 11.2. The lowest BCUT2D eigenvalue weighted by Gasteiger charge is -2.03. The van der Waals surface area contributed by atoms with E-state index in [9.17, 15) is 4.79 Å². The number of carbonyl (C=O) groups is 1. The molecule has 0 radical (unpaired) electrons. The highest BCUT2D eigenvalue weighted by Crippen LogP contribution is 2.27. The van der Waals surface area contributed by atoms with Crippen molar-refractivity contribution in [3.05, 3.63) is 49.6 Å². The van der Waals surface area contributed by atoms with Gasteiger partial charge in [-0.05, 0) is 46.3 Å². The summed E-state index contributed by atoms with van der Waals surface area (Å²) in [5.74, 6) is -0.101. The van der Waals surface area contributed by atoms with Gasteiger partial charge in [-0.15, -0.1) is 11.3 Å². The van der Waals surface area contributed by atoms with Crippen molar-refractivity contribution < 1.29 is 4.79 Å². The maximum atomic E-state index is 12.1. The second-order valence-electron chi connectivity index (χ2n) is 3.16. The Hall–Kier alpha value is -0.840. The van der Waals surface area contributed by atoms with Crippen molar-refractivity contribution in [2.45, 2.75) is 0 Å². The second kappa shape index (κ2) is 4.57. The average Bonchev–Trinajstić information content (AvgIpc) is 2.67. The Morgan fingerprint density at radius 3 is 2.69 bits per heavy atom. The Labute approximate surface area is 110 Å². The molecule has 16 heavy (non-hydrogen) atoms. The van der Waals surface area contributed by atoms with E-state index in [0.29, 0.717) is 21.2 Å². The van der Waals surface area contributed by atoms with Crippen molar-refractivity contribution in [1.29, 1.82) is 0 Å². The second-order valence-corrected chi connectivity index (χ2v) is 6.06. The lowest BCUT2D eigenvalue weighted by atomic mass is 10.1. The Morgan fingerprint density at radius 2 is 2.06 bits per heavy atom. The van der Waals surface area contributed by atoms with E-state index in [0.717, 1.165) is 3.79 Å². The lowest BCUT2D eigenvalue weighted by molar-refractivity contribution is 0.104. The van der Waals surface area contributed by atoms with Crippen LogP contribution in [0.2, 0.25) is 5.02 Å². The number of benzene rings is 1. The van der Waals surface area contributed by atoms with E-state index < -0.39 is 0 Å². The lowest BCUT2D eigenvalue weighted by Crippen LogP contribution is -2.03. The van der Waals surface area contributed by atoms with E-state index in [1.165, 1.54) is 11.3 Å². The van der Waals surface area contributed by atoms with Gasteiger partial charge in [-0.2, -0.15) is 0 Å². The molecule has 2 rings (SSSR count). The van der Waals surface area contributed by atoms with E-state index >= 15 is 0 Å². The first-order valence-corrected chi connectivity index (χ1v) is 6.42. The molecule has 1 aromatic heterocycles. The number of halogens is 2. The molecule has 0 saturated carbocycles. The van der Waals surface area contributed by atoms with Gasteiger partial charge in [0.1, 0.15) is 0 Å². The zero-order valence-electron chi connectivity index (χ0n) is 8.04. The first-order chi connectivity index (χ1) is 7.58. The van der Waals surface area contributed by atoms with Gasteiger partial charge in [0.05, 0.1) is 8.66 Å². The fourth-order valence-electron chi connectivity index (χ4n) is 1.29. The van der Waals surface area contributed by atoms with Gasteiger partial charge in [-0.1, -0.05) is 11.6 Å². The Balaban J connectivity index is 2.45. The highest BCUT2D eigenvalue weighted by molar-refractivity contribution is 9.11. The summed E-state index contributed by atoms with van der Waals surface area (Å²) in [6.07, 6.45) is 0. The summed E-state index contributed by atoms with van der Waals surface area (Å²) in [4.78, 5) is 12.7. The van der Waals surface area contributed by atoms with E-state index in [1.54, 1.807) is 24.3 Å². The van der Waals surface area contributed by atoms with E-state index in [1.807, 2.05) is 6.07 Å². The third-order valence-corrected chi connectivity index (χ3v) is 3.91. The van der Waals surface area contributed by atoms with E-state index in [2.05, 4.69) is 15.9 Å². The summed E-state index contributed by atoms with van der Waals surface area (Å²) in [7, 11) is 0. The molecule has 2 N–H and O–H groups in total. The summed E-state index contributed by atoms with van der Waals surface area (Å²) in [5.41, 5.74) is 6.64. The summed E-state index contributed by atoms with van der Waals surface area (Å²) >= 11 is 10.5. The van der Waals surface area contributed by atoms with Crippen LogP contribution >= 0.6 is 38.9 Å². The van der Waals surface area contributed by atoms with Crippen LogP contribution in [-0.4, -0.2) is 5.78 Å². The summed E-state index contributed by atoms with van der Waals surface area (Å²) in [6, 6.07) is 8.49. The van der Waals surface area contributed by atoms with Crippen molar-refractivity contribution in [2.24, 2.45) is 0 Å². The number of ketones is 1. The predicted octanol–water partition coefficient (Wildman–Crippen LogP) is 3.98. The molecule has 1 aromatic carbocycles. The maximum absolute atomic E-state index is 12.1. The molecule has 0 aliphatic carbocycles. The minimum Gasteiger partial charge on any atom is -0.398 e. The molecule has 0 unspecified atom stereocenters. The molecule has 2 nitrogen and oxygen atoms in total. The summed E-state index contributed by atoms with van der Waals surface area (Å²) in [6.45, 7) is 0. The highest BCUT2D eigenvalue weighted by atomic mass is 79.9. The van der Waals surface area contributed by atoms with Gasteiger partial charge in [0.2, 0.25) is 5.78 Å². The van der Waals surface area contributed by atoms with Crippen LogP contribution in [0, 0.1) is 0 Å². The number of thiophene rings is 1. The molecule has 5 heteroatoms. The molecule has 0 atom stereocenters. The Kier molecular flexibility index (Phi) is 3.33. The largest absolute Gasteiger partial charge is 0.398 e. The normalized spacial score (nSPS) is 10.4.